The fourth-order valence-electron chi connectivity index (χ4n) is 3.33. The molecule has 1 unspecified atom stereocenters. The number of pyridine rings is 1. The van der Waals surface area contributed by atoms with E-state index in [9.17, 15) is 19.8 Å². The molecule has 1 aliphatic heterocycles. The number of nitrogens with zero attached hydrogens (tertiary/aromatic N) is 2. The lowest BCUT2D eigenvalue weighted by Crippen LogP contribution is -2.29. The molecule has 0 spiro atoms. The molecule has 1 atom stereocenters. The normalized spacial score (nSPS) is 18.2. The van der Waals surface area contributed by atoms with Crippen molar-refractivity contribution in [2.75, 3.05) is 4.90 Å². The molecule has 0 saturated carbocycles. The molecular weight excluding hydrogens is 392 g/mol. The van der Waals surface area contributed by atoms with E-state index in [1.54, 1.807) is 54.7 Å². The van der Waals surface area contributed by atoms with E-state index in [1.165, 1.54) is 23.2 Å². The van der Waals surface area contributed by atoms with Gasteiger partial charge in [-0.3, -0.25) is 19.5 Å². The second kappa shape index (κ2) is 7.41. The van der Waals surface area contributed by atoms with Crippen molar-refractivity contribution >= 4 is 34.7 Å². The summed E-state index contributed by atoms with van der Waals surface area (Å²) in [6.45, 7) is 0. The van der Waals surface area contributed by atoms with Crippen LogP contribution in [0.2, 0.25) is 5.02 Å². The van der Waals surface area contributed by atoms with Crippen LogP contribution in [0.5, 0.6) is 5.75 Å². The smallest absolute Gasteiger partial charge is 0.300 e. The molecule has 1 fully saturated rings. The van der Waals surface area contributed by atoms with Gasteiger partial charge in [-0.2, -0.15) is 0 Å². The molecular formula is C22H15ClN2O4. The zero-order valence-electron chi connectivity index (χ0n) is 15.0. The SMILES string of the molecule is O=C1C(=O)N(c2cccnc2)C(c2ccc(O)cc2)/C1=C(/O)c1ccc(Cl)cc1. The number of hydrogen-bond acceptors (Lipinski definition) is 5. The average molecular weight is 407 g/mol. The van der Waals surface area contributed by atoms with Gasteiger partial charge < -0.3 is 10.2 Å². The van der Waals surface area contributed by atoms with Crippen LogP contribution in [0.1, 0.15) is 17.2 Å². The minimum atomic E-state index is -0.879. The number of aromatic nitrogens is 1. The molecule has 0 radical (unpaired) electrons. The van der Waals surface area contributed by atoms with Crippen LogP contribution >= 0.6 is 11.6 Å². The number of amides is 1. The van der Waals surface area contributed by atoms with Crippen molar-refractivity contribution in [1.82, 2.24) is 4.98 Å². The van der Waals surface area contributed by atoms with Gasteiger partial charge in [0.1, 0.15) is 11.5 Å². The van der Waals surface area contributed by atoms with E-state index in [4.69, 9.17) is 11.6 Å². The van der Waals surface area contributed by atoms with Crippen LogP contribution in [0.15, 0.2) is 78.6 Å². The molecule has 0 aliphatic carbocycles. The van der Waals surface area contributed by atoms with E-state index in [2.05, 4.69) is 4.98 Å². The van der Waals surface area contributed by atoms with Crippen molar-refractivity contribution in [2.45, 2.75) is 6.04 Å². The van der Waals surface area contributed by atoms with Crippen molar-refractivity contribution in [3.05, 3.63) is 94.8 Å². The van der Waals surface area contributed by atoms with Crippen LogP contribution in [0, 0.1) is 0 Å². The second-order valence-electron chi connectivity index (χ2n) is 6.48. The lowest BCUT2D eigenvalue weighted by Gasteiger charge is -2.25. The molecule has 2 aromatic carbocycles. The van der Waals surface area contributed by atoms with Crippen molar-refractivity contribution < 1.29 is 19.8 Å². The highest BCUT2D eigenvalue weighted by atomic mass is 35.5. The highest BCUT2D eigenvalue weighted by Gasteiger charge is 2.47. The van der Waals surface area contributed by atoms with Crippen LogP contribution in [0.4, 0.5) is 5.69 Å². The summed E-state index contributed by atoms with van der Waals surface area (Å²) < 4.78 is 0. The lowest BCUT2D eigenvalue weighted by molar-refractivity contribution is -0.132. The third-order valence-corrected chi connectivity index (χ3v) is 4.95. The first-order valence-electron chi connectivity index (χ1n) is 8.73. The first-order valence-corrected chi connectivity index (χ1v) is 9.11. The molecule has 0 bridgehead atoms. The number of carbonyl (C=O) groups excluding carboxylic acids is 2. The van der Waals surface area contributed by atoms with Crippen LogP contribution in [-0.4, -0.2) is 26.9 Å². The minimum absolute atomic E-state index is 0.0461. The van der Waals surface area contributed by atoms with E-state index < -0.39 is 17.7 Å². The molecule has 4 rings (SSSR count). The first kappa shape index (κ1) is 18.7. The Hall–Kier alpha value is -3.64. The quantitative estimate of drug-likeness (QED) is 0.389. The topological polar surface area (TPSA) is 90.7 Å². The van der Waals surface area contributed by atoms with E-state index in [1.807, 2.05) is 0 Å². The number of aliphatic hydroxyl groups is 1. The fraction of sp³-hybridized carbons (Fsp3) is 0.0455. The molecule has 144 valence electrons. The number of Topliss-reactive ketones (excluding diaryl/α,β-unsaturated/α-hetero) is 1. The predicted octanol–water partition coefficient (Wildman–Crippen LogP) is 4.07. The molecule has 1 amide bonds. The highest BCUT2D eigenvalue weighted by Crippen LogP contribution is 2.42. The molecule has 7 heteroatoms. The minimum Gasteiger partial charge on any atom is -0.508 e. The van der Waals surface area contributed by atoms with Crippen LogP contribution in [0.3, 0.4) is 0 Å². The number of rotatable bonds is 3. The van der Waals surface area contributed by atoms with E-state index in [0.29, 0.717) is 21.8 Å². The number of benzene rings is 2. The maximum atomic E-state index is 12.9. The van der Waals surface area contributed by atoms with Crippen molar-refractivity contribution in [2.24, 2.45) is 0 Å². The van der Waals surface area contributed by atoms with Crippen molar-refractivity contribution in [3.63, 3.8) is 0 Å². The van der Waals surface area contributed by atoms with E-state index in [0.717, 1.165) is 0 Å². The number of carbonyl (C=O) groups is 2. The van der Waals surface area contributed by atoms with Gasteiger partial charge in [0.25, 0.3) is 11.7 Å². The van der Waals surface area contributed by atoms with Crippen molar-refractivity contribution in [1.29, 1.82) is 0 Å². The maximum absolute atomic E-state index is 12.9. The van der Waals surface area contributed by atoms with Gasteiger partial charge in [-0.25, -0.2) is 0 Å². The second-order valence-corrected chi connectivity index (χ2v) is 6.92. The number of phenolic OH excluding ortho intramolecular Hbond substituents is 1. The zero-order chi connectivity index (χ0) is 20.5. The van der Waals surface area contributed by atoms with Gasteiger partial charge in [0.05, 0.1) is 23.5 Å². The van der Waals surface area contributed by atoms with Crippen LogP contribution < -0.4 is 4.90 Å². The number of aliphatic hydroxyl groups excluding tert-OH is 1. The van der Waals surface area contributed by atoms with Crippen LogP contribution in [-0.2, 0) is 9.59 Å². The summed E-state index contributed by atoms with van der Waals surface area (Å²) in [5, 5.41) is 21.0. The van der Waals surface area contributed by atoms with Gasteiger partial charge in [-0.1, -0.05) is 23.7 Å². The summed E-state index contributed by atoms with van der Waals surface area (Å²) in [5.74, 6) is -1.83. The number of ketones is 1. The number of hydrogen-bond donors (Lipinski definition) is 2. The molecule has 2 N–H and O–H groups in total. The summed E-state index contributed by atoms with van der Waals surface area (Å²) in [5.41, 5.74) is 1.29. The van der Waals surface area contributed by atoms with Gasteiger partial charge in [-0.15, -0.1) is 0 Å². The monoisotopic (exact) mass is 406 g/mol. The standard InChI is InChI=1S/C22H15ClN2O4/c23-15-7-3-14(4-8-15)20(27)18-19(13-5-9-17(26)10-6-13)25(22(29)21(18)28)16-2-1-11-24-12-16/h1-12,19,26-27H/b20-18-. The Morgan fingerprint density at radius 2 is 1.69 bits per heavy atom. The van der Waals surface area contributed by atoms with Gasteiger partial charge in [0, 0.05) is 16.8 Å². The number of halogens is 1. The summed E-state index contributed by atoms with van der Waals surface area (Å²) in [4.78, 5) is 31.1. The molecule has 29 heavy (non-hydrogen) atoms. The Morgan fingerprint density at radius 3 is 2.31 bits per heavy atom. The summed E-state index contributed by atoms with van der Waals surface area (Å²) in [7, 11) is 0. The Kier molecular flexibility index (Phi) is 4.78. The number of aromatic hydroxyl groups is 1. The van der Waals surface area contributed by atoms with Crippen molar-refractivity contribution in [3.8, 4) is 5.75 Å². The fourth-order valence-corrected chi connectivity index (χ4v) is 3.46. The molecule has 6 nitrogen and oxygen atoms in total. The molecule has 1 aliphatic rings. The molecule has 3 aromatic rings. The Bertz CT molecular complexity index is 1110. The first-order chi connectivity index (χ1) is 14.0. The van der Waals surface area contributed by atoms with Gasteiger partial charge in [0.15, 0.2) is 0 Å². The number of phenols is 1. The average Bonchev–Trinajstić information content (AvgIpc) is 3.00. The largest absolute Gasteiger partial charge is 0.508 e. The Balaban J connectivity index is 1.94. The van der Waals surface area contributed by atoms with E-state index >= 15 is 0 Å². The predicted molar refractivity (Wildman–Crippen MR) is 109 cm³/mol. The third-order valence-electron chi connectivity index (χ3n) is 4.70. The Morgan fingerprint density at radius 1 is 1.00 bits per heavy atom. The van der Waals surface area contributed by atoms with Gasteiger partial charge >= 0.3 is 0 Å². The molecule has 2 heterocycles. The van der Waals surface area contributed by atoms with Crippen LogP contribution in [0.25, 0.3) is 5.76 Å². The lowest BCUT2D eigenvalue weighted by atomic mass is 9.95. The molecule has 1 aromatic heterocycles. The van der Waals surface area contributed by atoms with E-state index in [-0.39, 0.29) is 17.1 Å². The summed E-state index contributed by atoms with van der Waals surface area (Å²) >= 11 is 5.91. The number of anilines is 1. The summed E-state index contributed by atoms with van der Waals surface area (Å²) in [6.07, 6.45) is 3.03. The zero-order valence-corrected chi connectivity index (χ0v) is 15.7. The highest BCUT2D eigenvalue weighted by molar-refractivity contribution is 6.51. The summed E-state index contributed by atoms with van der Waals surface area (Å²) in [6, 6.07) is 14.9. The Labute approximate surface area is 171 Å². The maximum Gasteiger partial charge on any atom is 0.300 e. The van der Waals surface area contributed by atoms with Gasteiger partial charge in [-0.05, 0) is 54.1 Å². The third kappa shape index (κ3) is 3.34. The molecule has 1 saturated heterocycles. The van der Waals surface area contributed by atoms with Gasteiger partial charge in [0.2, 0.25) is 0 Å².